The molecule has 2 aromatic rings. The van der Waals surface area contributed by atoms with Crippen molar-refractivity contribution in [3.63, 3.8) is 0 Å². The fourth-order valence-electron chi connectivity index (χ4n) is 3.06. The lowest BCUT2D eigenvalue weighted by molar-refractivity contribution is 0.415. The minimum Gasteiger partial charge on any atom is -0.309 e. The molecule has 1 nitrogen and oxygen atoms in total. The summed E-state index contributed by atoms with van der Waals surface area (Å²) in [5.41, 5.74) is 4.12. The van der Waals surface area contributed by atoms with Crippen molar-refractivity contribution in [1.82, 2.24) is 5.32 Å². The van der Waals surface area contributed by atoms with Crippen molar-refractivity contribution in [2.45, 2.75) is 31.2 Å². The average Bonchev–Trinajstić information content (AvgIpc) is 2.43. The second-order valence-electron chi connectivity index (χ2n) is 5.65. The topological polar surface area (TPSA) is 12.0 Å². The molecule has 1 saturated carbocycles. The highest BCUT2D eigenvalue weighted by molar-refractivity contribution is 14.1. The predicted molar refractivity (Wildman–Crippen MR) is 98.1 cm³/mol. The Balaban J connectivity index is 2.01. The maximum Gasteiger partial charge on any atom is 0.0577 e. The summed E-state index contributed by atoms with van der Waals surface area (Å²) in [4.78, 5) is 0. The second kappa shape index (κ2) is 6.67. The lowest BCUT2D eigenvalue weighted by Crippen LogP contribution is -2.21. The Morgan fingerprint density at radius 1 is 1.19 bits per heavy atom. The van der Waals surface area contributed by atoms with Gasteiger partial charge in [0.1, 0.15) is 0 Å². The van der Waals surface area contributed by atoms with Crippen LogP contribution in [0.3, 0.4) is 0 Å². The monoisotopic (exact) mass is 411 g/mol. The quantitative estimate of drug-likeness (QED) is 0.653. The molecule has 0 heterocycles. The molecule has 0 spiro atoms. The molecule has 1 fully saturated rings. The van der Waals surface area contributed by atoms with E-state index in [-0.39, 0.29) is 6.04 Å². The number of hydrogen-bond acceptors (Lipinski definition) is 1. The smallest absolute Gasteiger partial charge is 0.0577 e. The molecule has 0 aliphatic heterocycles. The first-order valence-electron chi connectivity index (χ1n) is 7.41. The molecule has 1 N–H and O–H groups in total. The number of rotatable bonds is 4. The summed E-state index contributed by atoms with van der Waals surface area (Å²) in [7, 11) is 2.02. The maximum atomic E-state index is 6.31. The highest BCUT2D eigenvalue weighted by Gasteiger charge is 2.25. The second-order valence-corrected chi connectivity index (χ2v) is 7.22. The predicted octanol–water partition coefficient (Wildman–Crippen LogP) is 5.52. The summed E-state index contributed by atoms with van der Waals surface area (Å²) in [6.45, 7) is 0. The molecular formula is C18H19ClIN. The van der Waals surface area contributed by atoms with E-state index in [0.29, 0.717) is 0 Å². The lowest BCUT2D eigenvalue weighted by Gasteiger charge is -2.30. The first kappa shape index (κ1) is 15.3. The first-order valence-corrected chi connectivity index (χ1v) is 8.87. The van der Waals surface area contributed by atoms with Crippen LogP contribution in [0.1, 0.15) is 47.9 Å². The van der Waals surface area contributed by atoms with Gasteiger partial charge in [-0.05, 0) is 77.2 Å². The zero-order chi connectivity index (χ0) is 14.8. The van der Waals surface area contributed by atoms with Crippen LogP contribution in [0, 0.1) is 3.57 Å². The van der Waals surface area contributed by atoms with Gasteiger partial charge in [0, 0.05) is 3.57 Å². The molecule has 0 aromatic heterocycles. The molecule has 0 bridgehead atoms. The summed E-state index contributed by atoms with van der Waals surface area (Å²) in [5, 5.41) is 4.29. The van der Waals surface area contributed by atoms with Gasteiger partial charge in [0.2, 0.25) is 0 Å². The van der Waals surface area contributed by atoms with Crippen LogP contribution in [-0.2, 0) is 0 Å². The summed E-state index contributed by atoms with van der Waals surface area (Å²) >= 11 is 8.58. The Morgan fingerprint density at radius 3 is 2.57 bits per heavy atom. The molecule has 3 heteroatoms. The first-order chi connectivity index (χ1) is 10.2. The standard InChI is InChI=1S/C18H19ClIN/c1-21-18(13-9-10-17(20)16(19)11-13)15-8-3-2-7-14(15)12-5-4-6-12/h2-3,7-12,18,21H,4-6H2,1H3. The van der Waals surface area contributed by atoms with Crippen molar-refractivity contribution >= 4 is 34.2 Å². The summed E-state index contributed by atoms with van der Waals surface area (Å²) in [5.74, 6) is 0.733. The number of hydrogen-bond donors (Lipinski definition) is 1. The van der Waals surface area contributed by atoms with E-state index in [9.17, 15) is 0 Å². The van der Waals surface area contributed by atoms with Gasteiger partial charge in [-0.15, -0.1) is 0 Å². The zero-order valence-corrected chi connectivity index (χ0v) is 15.0. The maximum absolute atomic E-state index is 6.31. The van der Waals surface area contributed by atoms with Crippen LogP contribution in [0.15, 0.2) is 42.5 Å². The molecule has 0 amide bonds. The van der Waals surface area contributed by atoms with Crippen LogP contribution in [0.5, 0.6) is 0 Å². The van der Waals surface area contributed by atoms with Crippen LogP contribution in [0.4, 0.5) is 0 Å². The van der Waals surface area contributed by atoms with Crippen LogP contribution in [0.2, 0.25) is 5.02 Å². The third-order valence-corrected chi connectivity index (χ3v) is 5.99. The normalized spacial score (nSPS) is 16.5. The van der Waals surface area contributed by atoms with E-state index < -0.39 is 0 Å². The molecule has 21 heavy (non-hydrogen) atoms. The van der Waals surface area contributed by atoms with Gasteiger partial charge in [-0.2, -0.15) is 0 Å². The van der Waals surface area contributed by atoms with Crippen molar-refractivity contribution < 1.29 is 0 Å². The molecule has 1 aliphatic carbocycles. The van der Waals surface area contributed by atoms with E-state index in [1.54, 1.807) is 0 Å². The number of halogens is 2. The molecular weight excluding hydrogens is 393 g/mol. The van der Waals surface area contributed by atoms with Gasteiger partial charge in [0.25, 0.3) is 0 Å². The van der Waals surface area contributed by atoms with Crippen molar-refractivity contribution in [2.24, 2.45) is 0 Å². The molecule has 1 unspecified atom stereocenters. The van der Waals surface area contributed by atoms with Gasteiger partial charge >= 0.3 is 0 Å². The van der Waals surface area contributed by atoms with Crippen molar-refractivity contribution in [3.05, 3.63) is 67.7 Å². The van der Waals surface area contributed by atoms with E-state index in [0.717, 1.165) is 14.5 Å². The van der Waals surface area contributed by atoms with Gasteiger partial charge in [-0.1, -0.05) is 48.4 Å². The Morgan fingerprint density at radius 2 is 1.95 bits per heavy atom. The summed E-state index contributed by atoms with van der Waals surface area (Å²) < 4.78 is 1.10. The molecule has 3 rings (SSSR count). The van der Waals surface area contributed by atoms with Crippen molar-refractivity contribution in [1.29, 1.82) is 0 Å². The van der Waals surface area contributed by atoms with Gasteiger partial charge in [0.05, 0.1) is 11.1 Å². The molecule has 1 aliphatic rings. The molecule has 0 radical (unpaired) electrons. The van der Waals surface area contributed by atoms with Gasteiger partial charge in [0.15, 0.2) is 0 Å². The zero-order valence-electron chi connectivity index (χ0n) is 12.1. The largest absolute Gasteiger partial charge is 0.309 e. The van der Waals surface area contributed by atoms with Crippen LogP contribution in [0.25, 0.3) is 0 Å². The SMILES string of the molecule is CNC(c1ccc(I)c(Cl)c1)c1ccccc1C1CCC1. The summed E-state index contributed by atoms with van der Waals surface area (Å²) in [6, 6.07) is 15.4. The van der Waals surface area contributed by atoms with Crippen molar-refractivity contribution in [2.75, 3.05) is 7.05 Å². The van der Waals surface area contributed by atoms with Crippen molar-refractivity contribution in [3.8, 4) is 0 Å². The Hall–Kier alpha value is -0.580. The highest BCUT2D eigenvalue weighted by atomic mass is 127. The third-order valence-electron chi connectivity index (χ3n) is 4.42. The molecule has 0 saturated heterocycles. The molecule has 1 atom stereocenters. The van der Waals surface area contributed by atoms with Crippen LogP contribution >= 0.6 is 34.2 Å². The fourth-order valence-corrected chi connectivity index (χ4v) is 3.58. The lowest BCUT2D eigenvalue weighted by atomic mass is 9.76. The summed E-state index contributed by atoms with van der Waals surface area (Å²) in [6.07, 6.45) is 4.00. The number of nitrogens with one attached hydrogen (secondary N) is 1. The van der Waals surface area contributed by atoms with Crippen LogP contribution in [-0.4, -0.2) is 7.05 Å². The minimum atomic E-state index is 0.205. The Bertz CT molecular complexity index is 637. The number of benzene rings is 2. The minimum absolute atomic E-state index is 0.205. The fraction of sp³-hybridized carbons (Fsp3) is 0.333. The van der Waals surface area contributed by atoms with Gasteiger partial charge in [-0.3, -0.25) is 0 Å². The molecule has 2 aromatic carbocycles. The Labute approximate surface area is 145 Å². The van der Waals surface area contributed by atoms with E-state index in [4.69, 9.17) is 11.6 Å². The third kappa shape index (κ3) is 3.13. The average molecular weight is 412 g/mol. The molecule has 110 valence electrons. The van der Waals surface area contributed by atoms with E-state index >= 15 is 0 Å². The highest BCUT2D eigenvalue weighted by Crippen LogP contribution is 2.40. The van der Waals surface area contributed by atoms with Crippen LogP contribution < -0.4 is 5.32 Å². The van der Waals surface area contributed by atoms with Gasteiger partial charge < -0.3 is 5.32 Å². The van der Waals surface area contributed by atoms with E-state index in [2.05, 4.69) is 70.4 Å². The van der Waals surface area contributed by atoms with E-state index in [1.807, 2.05) is 7.05 Å². The van der Waals surface area contributed by atoms with E-state index in [1.165, 1.54) is 36.0 Å². The van der Waals surface area contributed by atoms with Gasteiger partial charge in [-0.25, -0.2) is 0 Å². The Kier molecular flexibility index (Phi) is 4.87.